The summed E-state index contributed by atoms with van der Waals surface area (Å²) >= 11 is 0. The van der Waals surface area contributed by atoms with Gasteiger partial charge in [0.1, 0.15) is 5.75 Å². The molecule has 0 aliphatic heterocycles. The molecular formula is C15H26ClNO. The fourth-order valence-corrected chi connectivity index (χ4v) is 1.79. The Hall–Kier alpha value is -0.730. The summed E-state index contributed by atoms with van der Waals surface area (Å²) in [5.74, 6) is 1.01. The number of ether oxygens (including phenoxy) is 1. The summed E-state index contributed by atoms with van der Waals surface area (Å²) in [7, 11) is 0. The summed E-state index contributed by atoms with van der Waals surface area (Å²) in [5, 5.41) is 0. The van der Waals surface area contributed by atoms with Crippen LogP contribution in [0.1, 0.15) is 44.7 Å². The van der Waals surface area contributed by atoms with Gasteiger partial charge in [0.25, 0.3) is 0 Å². The van der Waals surface area contributed by atoms with Crippen molar-refractivity contribution in [3.05, 3.63) is 29.3 Å². The third-order valence-electron chi connectivity index (χ3n) is 3.00. The second kappa shape index (κ2) is 9.23. The van der Waals surface area contributed by atoms with Crippen LogP contribution in [-0.2, 0) is 12.8 Å². The van der Waals surface area contributed by atoms with Gasteiger partial charge in [0.2, 0.25) is 0 Å². The maximum absolute atomic E-state index is 6.04. The Morgan fingerprint density at radius 3 is 2.50 bits per heavy atom. The molecule has 18 heavy (non-hydrogen) atoms. The van der Waals surface area contributed by atoms with E-state index in [4.69, 9.17) is 10.5 Å². The predicted octanol–water partition coefficient (Wildman–Crippen LogP) is 3.74. The molecule has 0 aliphatic carbocycles. The highest BCUT2D eigenvalue weighted by Crippen LogP contribution is 2.22. The molecule has 104 valence electrons. The Bertz CT molecular complexity index is 341. The Balaban J connectivity index is 0.00000289. The highest BCUT2D eigenvalue weighted by atomic mass is 35.5. The molecule has 0 saturated carbocycles. The molecule has 2 N–H and O–H groups in total. The van der Waals surface area contributed by atoms with Crippen LogP contribution in [0.4, 0.5) is 0 Å². The number of hydrogen-bond acceptors (Lipinski definition) is 2. The van der Waals surface area contributed by atoms with E-state index in [-0.39, 0.29) is 18.4 Å². The van der Waals surface area contributed by atoms with Crippen LogP contribution >= 0.6 is 12.4 Å². The number of nitrogens with two attached hydrogens (primary N) is 1. The summed E-state index contributed by atoms with van der Waals surface area (Å²) in [5.41, 5.74) is 8.65. The fourth-order valence-electron chi connectivity index (χ4n) is 1.79. The molecular weight excluding hydrogens is 246 g/mol. The molecule has 0 spiro atoms. The monoisotopic (exact) mass is 271 g/mol. The van der Waals surface area contributed by atoms with Crippen molar-refractivity contribution >= 4 is 12.4 Å². The SMILES string of the molecule is CCCOc1ccc(CC)cc1CC(N)CC.Cl. The molecule has 0 saturated heterocycles. The van der Waals surface area contributed by atoms with E-state index in [0.29, 0.717) is 0 Å². The Labute approximate surface area is 117 Å². The summed E-state index contributed by atoms with van der Waals surface area (Å²) < 4.78 is 5.78. The van der Waals surface area contributed by atoms with Gasteiger partial charge in [0, 0.05) is 6.04 Å². The molecule has 3 heteroatoms. The Morgan fingerprint density at radius 1 is 1.22 bits per heavy atom. The summed E-state index contributed by atoms with van der Waals surface area (Å²) in [6, 6.07) is 6.70. The maximum atomic E-state index is 6.04. The lowest BCUT2D eigenvalue weighted by atomic mass is 10.0. The van der Waals surface area contributed by atoms with Crippen LogP contribution in [0.25, 0.3) is 0 Å². The van der Waals surface area contributed by atoms with Crippen LogP contribution in [0.2, 0.25) is 0 Å². The number of benzene rings is 1. The minimum atomic E-state index is 0. The molecule has 0 heterocycles. The second-order valence-corrected chi connectivity index (χ2v) is 4.52. The van der Waals surface area contributed by atoms with Crippen LogP contribution in [0.5, 0.6) is 5.75 Å². The van der Waals surface area contributed by atoms with E-state index in [1.54, 1.807) is 0 Å². The van der Waals surface area contributed by atoms with Crippen molar-refractivity contribution in [2.75, 3.05) is 6.61 Å². The molecule has 0 aromatic heterocycles. The average Bonchev–Trinajstić information content (AvgIpc) is 2.36. The Morgan fingerprint density at radius 2 is 1.94 bits per heavy atom. The summed E-state index contributed by atoms with van der Waals surface area (Å²) in [6.45, 7) is 7.20. The molecule has 1 aromatic carbocycles. The molecule has 0 amide bonds. The predicted molar refractivity (Wildman–Crippen MR) is 80.8 cm³/mol. The van der Waals surface area contributed by atoms with Gasteiger partial charge in [-0.25, -0.2) is 0 Å². The fraction of sp³-hybridized carbons (Fsp3) is 0.600. The van der Waals surface area contributed by atoms with Crippen LogP contribution in [-0.4, -0.2) is 12.6 Å². The standard InChI is InChI=1S/C15H25NO.ClH/c1-4-9-17-15-8-7-12(5-2)10-13(15)11-14(16)6-3;/h7-8,10,14H,4-6,9,11,16H2,1-3H3;1H. The number of halogens is 1. The highest BCUT2D eigenvalue weighted by Gasteiger charge is 2.08. The van der Waals surface area contributed by atoms with Gasteiger partial charge in [-0.15, -0.1) is 12.4 Å². The molecule has 0 fully saturated rings. The summed E-state index contributed by atoms with van der Waals surface area (Å²) in [6.07, 6.45) is 4.00. The van der Waals surface area contributed by atoms with Gasteiger partial charge in [-0.1, -0.05) is 32.9 Å². The van der Waals surface area contributed by atoms with Crippen LogP contribution in [0.3, 0.4) is 0 Å². The molecule has 0 aliphatic rings. The van der Waals surface area contributed by atoms with Gasteiger partial charge in [0.05, 0.1) is 6.61 Å². The lowest BCUT2D eigenvalue weighted by molar-refractivity contribution is 0.313. The van der Waals surface area contributed by atoms with E-state index < -0.39 is 0 Å². The van der Waals surface area contributed by atoms with E-state index in [1.165, 1.54) is 11.1 Å². The van der Waals surface area contributed by atoms with E-state index in [9.17, 15) is 0 Å². The molecule has 0 bridgehead atoms. The van der Waals surface area contributed by atoms with Crippen molar-refractivity contribution in [1.82, 2.24) is 0 Å². The average molecular weight is 272 g/mol. The first-order chi connectivity index (χ1) is 8.21. The van der Waals surface area contributed by atoms with Gasteiger partial charge in [-0.3, -0.25) is 0 Å². The van der Waals surface area contributed by atoms with Crippen molar-refractivity contribution in [3.8, 4) is 5.75 Å². The van der Waals surface area contributed by atoms with Crippen molar-refractivity contribution < 1.29 is 4.74 Å². The van der Waals surface area contributed by atoms with Crippen molar-refractivity contribution in [2.45, 2.75) is 52.5 Å². The minimum Gasteiger partial charge on any atom is -0.493 e. The van der Waals surface area contributed by atoms with Crippen LogP contribution in [0, 0.1) is 0 Å². The molecule has 1 unspecified atom stereocenters. The molecule has 1 rings (SSSR count). The lowest BCUT2D eigenvalue weighted by Gasteiger charge is -2.15. The smallest absolute Gasteiger partial charge is 0.122 e. The zero-order valence-corrected chi connectivity index (χ0v) is 12.6. The maximum Gasteiger partial charge on any atom is 0.122 e. The molecule has 1 atom stereocenters. The van der Waals surface area contributed by atoms with E-state index in [0.717, 1.165) is 38.0 Å². The molecule has 2 nitrogen and oxygen atoms in total. The second-order valence-electron chi connectivity index (χ2n) is 4.52. The third-order valence-corrected chi connectivity index (χ3v) is 3.00. The van der Waals surface area contributed by atoms with Gasteiger partial charge in [0.15, 0.2) is 0 Å². The molecule has 0 radical (unpaired) electrons. The van der Waals surface area contributed by atoms with Crippen molar-refractivity contribution in [2.24, 2.45) is 5.73 Å². The zero-order chi connectivity index (χ0) is 12.7. The largest absolute Gasteiger partial charge is 0.493 e. The Kier molecular flexibility index (Phi) is 8.86. The van der Waals surface area contributed by atoms with Gasteiger partial charge in [-0.05, 0) is 42.9 Å². The van der Waals surface area contributed by atoms with Gasteiger partial charge in [-0.2, -0.15) is 0 Å². The van der Waals surface area contributed by atoms with E-state index >= 15 is 0 Å². The van der Waals surface area contributed by atoms with Crippen LogP contribution < -0.4 is 10.5 Å². The zero-order valence-electron chi connectivity index (χ0n) is 11.7. The van der Waals surface area contributed by atoms with E-state index in [1.807, 2.05) is 0 Å². The van der Waals surface area contributed by atoms with Crippen molar-refractivity contribution in [1.29, 1.82) is 0 Å². The topological polar surface area (TPSA) is 35.2 Å². The number of rotatable bonds is 7. The van der Waals surface area contributed by atoms with Gasteiger partial charge < -0.3 is 10.5 Å². The lowest BCUT2D eigenvalue weighted by Crippen LogP contribution is -2.21. The minimum absolute atomic E-state index is 0. The van der Waals surface area contributed by atoms with E-state index in [2.05, 4.69) is 39.0 Å². The molecule has 1 aromatic rings. The van der Waals surface area contributed by atoms with Crippen LogP contribution in [0.15, 0.2) is 18.2 Å². The summed E-state index contributed by atoms with van der Waals surface area (Å²) in [4.78, 5) is 0. The number of aryl methyl sites for hydroxylation is 1. The normalized spacial score (nSPS) is 11.8. The van der Waals surface area contributed by atoms with Crippen molar-refractivity contribution in [3.63, 3.8) is 0 Å². The number of hydrogen-bond donors (Lipinski definition) is 1. The first kappa shape index (κ1) is 17.3. The quantitative estimate of drug-likeness (QED) is 0.820. The third kappa shape index (κ3) is 5.28. The highest BCUT2D eigenvalue weighted by molar-refractivity contribution is 5.85. The van der Waals surface area contributed by atoms with Gasteiger partial charge >= 0.3 is 0 Å². The first-order valence-electron chi connectivity index (χ1n) is 6.71. The first-order valence-corrected chi connectivity index (χ1v) is 6.71.